The van der Waals surface area contributed by atoms with Crippen molar-refractivity contribution in [3.8, 4) is 0 Å². The maximum absolute atomic E-state index is 12.9. The number of nitrogens with zero attached hydrogens (tertiary/aromatic N) is 4. The van der Waals surface area contributed by atoms with Gasteiger partial charge in [0.1, 0.15) is 5.60 Å². The fourth-order valence-electron chi connectivity index (χ4n) is 6.34. The lowest BCUT2D eigenvalue weighted by Gasteiger charge is -2.37. The van der Waals surface area contributed by atoms with Crippen LogP contribution < -0.4 is 21.3 Å². The number of rotatable bonds is 15. The van der Waals surface area contributed by atoms with E-state index < -0.39 is 11.7 Å². The van der Waals surface area contributed by atoms with E-state index in [0.29, 0.717) is 78.5 Å². The van der Waals surface area contributed by atoms with Crippen molar-refractivity contribution in [3.05, 3.63) is 71.8 Å². The van der Waals surface area contributed by atoms with Crippen molar-refractivity contribution in [1.29, 1.82) is 0 Å². The van der Waals surface area contributed by atoms with Crippen LogP contribution >= 0.6 is 0 Å². The molecule has 2 fully saturated rings. The minimum absolute atomic E-state index is 0.199. The van der Waals surface area contributed by atoms with Gasteiger partial charge in [0.25, 0.3) is 0 Å². The predicted octanol–water partition coefficient (Wildman–Crippen LogP) is 4.48. The van der Waals surface area contributed by atoms with Crippen LogP contribution in [0.25, 0.3) is 0 Å². The lowest BCUT2D eigenvalue weighted by molar-refractivity contribution is 0.0139. The highest BCUT2D eigenvalue weighted by Crippen LogP contribution is 2.18. The van der Waals surface area contributed by atoms with Gasteiger partial charge in [-0.3, -0.25) is 9.80 Å². The summed E-state index contributed by atoms with van der Waals surface area (Å²) in [6, 6.07) is 18.9. The highest BCUT2D eigenvalue weighted by Gasteiger charge is 2.28. The molecule has 0 aliphatic carbocycles. The molecule has 2 heterocycles. The fourth-order valence-corrected chi connectivity index (χ4v) is 6.34. The quantitative estimate of drug-likeness (QED) is 0.169. The monoisotopic (exact) mass is 722 g/mol. The van der Waals surface area contributed by atoms with E-state index in [2.05, 4.69) is 31.1 Å². The van der Waals surface area contributed by atoms with Crippen molar-refractivity contribution in [3.63, 3.8) is 0 Å². The van der Waals surface area contributed by atoms with Crippen molar-refractivity contribution in [2.24, 2.45) is 0 Å². The van der Waals surface area contributed by atoms with Gasteiger partial charge in [0, 0.05) is 78.5 Å². The molecule has 6 amide bonds. The van der Waals surface area contributed by atoms with Crippen LogP contribution in [0.3, 0.4) is 0 Å². The van der Waals surface area contributed by atoms with Crippen molar-refractivity contribution >= 4 is 24.2 Å². The summed E-state index contributed by atoms with van der Waals surface area (Å²) in [6.07, 6.45) is 2.30. The zero-order valence-corrected chi connectivity index (χ0v) is 31.0. The predicted molar refractivity (Wildman–Crippen MR) is 200 cm³/mol. The number of nitrogens with one attached hydrogen (secondary N) is 4. The number of amides is 6. The van der Waals surface area contributed by atoms with E-state index in [9.17, 15) is 24.3 Å². The number of hydrogen-bond donors (Lipinski definition) is 5. The molecule has 0 bridgehead atoms. The van der Waals surface area contributed by atoms with Crippen LogP contribution in [-0.4, -0.2) is 133 Å². The molecule has 0 radical (unpaired) electrons. The number of carbonyl (C=O) groups excluding carboxylic acids is 3. The maximum atomic E-state index is 12.9. The largest absolute Gasteiger partial charge is 0.465 e. The molecule has 0 spiro atoms. The first-order valence-corrected chi connectivity index (χ1v) is 18.6. The van der Waals surface area contributed by atoms with E-state index in [1.54, 1.807) is 4.90 Å². The van der Waals surface area contributed by atoms with Gasteiger partial charge < -0.3 is 40.9 Å². The van der Waals surface area contributed by atoms with Gasteiger partial charge in [-0.1, -0.05) is 73.5 Å². The van der Waals surface area contributed by atoms with Gasteiger partial charge in [-0.25, -0.2) is 19.2 Å². The van der Waals surface area contributed by atoms with E-state index >= 15 is 0 Å². The van der Waals surface area contributed by atoms with Crippen LogP contribution in [0.2, 0.25) is 0 Å². The van der Waals surface area contributed by atoms with Gasteiger partial charge in [-0.2, -0.15) is 0 Å². The second kappa shape index (κ2) is 20.5. The highest BCUT2D eigenvalue weighted by atomic mass is 16.6. The molecule has 2 aliphatic rings. The van der Waals surface area contributed by atoms with Crippen molar-refractivity contribution in [2.45, 2.75) is 64.1 Å². The number of urea groups is 2. The summed E-state index contributed by atoms with van der Waals surface area (Å²) in [5.41, 5.74) is 1.50. The van der Waals surface area contributed by atoms with E-state index in [1.807, 2.05) is 81.4 Å². The van der Waals surface area contributed by atoms with Crippen LogP contribution in [0, 0.1) is 0 Å². The summed E-state index contributed by atoms with van der Waals surface area (Å²) in [6.45, 7) is 12.6. The molecule has 14 nitrogen and oxygen atoms in total. The Morgan fingerprint density at radius 2 is 1.04 bits per heavy atom. The maximum Gasteiger partial charge on any atom is 0.410 e. The molecule has 4 rings (SSSR count). The standard InChI is InChI=1S/C38H58N8O6/c1-38(2,3)52-37(51)46-26-22-44(23-27-46)29-33(31-16-10-7-11-17-31)42-35(48)40-19-13-5-4-12-18-39-34(47)41-32(30-14-8-6-9-15-30)28-43-20-24-45(25-21-43)36(49)50/h6-11,14-17,32-33H,4-5,12-13,18-29H2,1-3H3,(H,49,50)(H2,39,41,47)(H2,40,42,48)/t32-,33-/m0/s1. The number of carbonyl (C=O) groups is 4. The van der Waals surface area contributed by atoms with Crippen molar-refractivity contribution in [2.75, 3.05) is 78.5 Å². The van der Waals surface area contributed by atoms with E-state index in [4.69, 9.17) is 4.74 Å². The SMILES string of the molecule is CC(C)(C)OC(=O)N1CCN(C[C@H](NC(=O)NCCCCCCNC(=O)N[C@@H](CN2CCN(C(=O)O)CC2)c2ccccc2)c2ccccc2)CC1. The summed E-state index contributed by atoms with van der Waals surface area (Å²) in [7, 11) is 0. The van der Waals surface area contributed by atoms with Crippen molar-refractivity contribution in [1.82, 2.24) is 40.9 Å². The van der Waals surface area contributed by atoms with Crippen LogP contribution in [0.15, 0.2) is 60.7 Å². The third-order valence-corrected chi connectivity index (χ3v) is 9.24. The summed E-state index contributed by atoms with van der Waals surface area (Å²) in [4.78, 5) is 57.1. The number of benzene rings is 2. The fraction of sp³-hybridized carbons (Fsp3) is 0.579. The Morgan fingerprint density at radius 1 is 0.635 bits per heavy atom. The number of carboxylic acid groups (broad SMARTS) is 1. The Morgan fingerprint density at radius 3 is 1.42 bits per heavy atom. The van der Waals surface area contributed by atoms with Crippen molar-refractivity contribution < 1.29 is 29.0 Å². The topological polar surface area (TPSA) is 159 Å². The first-order chi connectivity index (χ1) is 25.0. The van der Waals surface area contributed by atoms with Gasteiger partial charge in [-0.15, -0.1) is 0 Å². The molecule has 5 N–H and O–H groups in total. The summed E-state index contributed by atoms with van der Waals surface area (Å²) >= 11 is 0. The highest BCUT2D eigenvalue weighted by molar-refractivity contribution is 5.75. The third kappa shape index (κ3) is 14.2. The van der Waals surface area contributed by atoms with Crippen LogP contribution in [0.5, 0.6) is 0 Å². The molecule has 52 heavy (non-hydrogen) atoms. The molecule has 0 saturated carbocycles. The van der Waals surface area contributed by atoms with Gasteiger partial charge in [0.05, 0.1) is 12.1 Å². The number of hydrogen-bond acceptors (Lipinski definition) is 7. The second-order valence-electron chi connectivity index (χ2n) is 14.5. The average molecular weight is 723 g/mol. The Labute approximate surface area is 308 Å². The lowest BCUT2D eigenvalue weighted by atomic mass is 10.1. The minimum Gasteiger partial charge on any atom is -0.465 e. The Balaban J connectivity index is 1.11. The smallest absolute Gasteiger partial charge is 0.410 e. The normalized spacial score (nSPS) is 16.8. The molecule has 286 valence electrons. The number of ether oxygens (including phenoxy) is 1. The second-order valence-corrected chi connectivity index (χ2v) is 14.5. The molecule has 0 unspecified atom stereocenters. The van der Waals surface area contributed by atoms with Crippen LogP contribution in [0.4, 0.5) is 19.2 Å². The number of piperazine rings is 2. The van der Waals surface area contributed by atoms with Crippen LogP contribution in [0.1, 0.15) is 69.7 Å². The molecule has 2 aromatic carbocycles. The Hall–Kier alpha value is -4.56. The van der Waals surface area contributed by atoms with E-state index in [0.717, 1.165) is 36.8 Å². The molecule has 14 heteroatoms. The van der Waals surface area contributed by atoms with E-state index in [1.165, 1.54) is 4.90 Å². The Bertz CT molecular complexity index is 1390. The first kappa shape index (κ1) is 40.2. The van der Waals surface area contributed by atoms with Crippen LogP contribution in [-0.2, 0) is 4.74 Å². The number of unbranched alkanes of at least 4 members (excludes halogenated alkanes) is 3. The van der Waals surface area contributed by atoms with E-state index in [-0.39, 0.29) is 30.2 Å². The first-order valence-electron chi connectivity index (χ1n) is 18.6. The third-order valence-electron chi connectivity index (χ3n) is 9.24. The molecule has 0 aromatic heterocycles. The summed E-state index contributed by atoms with van der Waals surface area (Å²) < 4.78 is 5.52. The zero-order valence-electron chi connectivity index (χ0n) is 31.0. The average Bonchev–Trinajstić information content (AvgIpc) is 3.12. The molecule has 2 atom stereocenters. The molecule has 2 aliphatic heterocycles. The van der Waals surface area contributed by atoms with Gasteiger partial charge in [0.2, 0.25) is 0 Å². The summed E-state index contributed by atoms with van der Waals surface area (Å²) in [5.74, 6) is 0. The molecule has 2 saturated heterocycles. The zero-order chi connectivity index (χ0) is 37.3. The molecule has 2 aromatic rings. The molecular weight excluding hydrogens is 664 g/mol. The van der Waals surface area contributed by atoms with Gasteiger partial charge >= 0.3 is 24.2 Å². The van der Waals surface area contributed by atoms with Gasteiger partial charge in [0.15, 0.2) is 0 Å². The minimum atomic E-state index is -0.896. The molecular formula is C38H58N8O6. The Kier molecular flexibility index (Phi) is 15.8. The van der Waals surface area contributed by atoms with Gasteiger partial charge in [-0.05, 0) is 44.7 Å². The lowest BCUT2D eigenvalue weighted by Crippen LogP contribution is -2.52. The summed E-state index contributed by atoms with van der Waals surface area (Å²) in [5, 5.41) is 21.5.